The van der Waals surface area contributed by atoms with Crippen molar-refractivity contribution in [3.63, 3.8) is 0 Å². The maximum atomic E-state index is 13.8. The van der Waals surface area contributed by atoms with Crippen molar-refractivity contribution in [2.24, 2.45) is 10.9 Å². The molecule has 140 valence electrons. The Balaban J connectivity index is 1.93. The van der Waals surface area contributed by atoms with E-state index in [9.17, 15) is 4.79 Å². The zero-order valence-corrected chi connectivity index (χ0v) is 16.1. The Labute approximate surface area is 164 Å². The number of imidazole rings is 1. The van der Waals surface area contributed by atoms with Crippen LogP contribution in [0.3, 0.4) is 0 Å². The lowest BCUT2D eigenvalue weighted by atomic mass is 10.0. The van der Waals surface area contributed by atoms with Gasteiger partial charge >= 0.3 is 6.03 Å². The van der Waals surface area contributed by atoms with Gasteiger partial charge in [-0.3, -0.25) is 0 Å². The first kappa shape index (κ1) is 18.1. The van der Waals surface area contributed by atoms with Crippen molar-refractivity contribution < 1.29 is 4.79 Å². The second kappa shape index (κ2) is 7.37. The molecule has 2 heterocycles. The molecule has 1 amide bonds. The monoisotopic (exact) mass is 371 g/mol. The van der Waals surface area contributed by atoms with Crippen molar-refractivity contribution in [1.29, 1.82) is 0 Å². The predicted octanol–water partition coefficient (Wildman–Crippen LogP) is 5.01. The van der Waals surface area contributed by atoms with Crippen molar-refractivity contribution in [1.82, 2.24) is 14.0 Å². The number of nitrogens with zero attached hydrogens (tertiary/aromatic N) is 4. The summed E-state index contributed by atoms with van der Waals surface area (Å²) in [6.45, 7) is 4.23. The molecule has 3 aromatic rings. The van der Waals surface area contributed by atoms with Gasteiger partial charge in [0.15, 0.2) is 11.4 Å². The van der Waals surface area contributed by atoms with E-state index in [0.29, 0.717) is 6.42 Å². The molecule has 0 saturated heterocycles. The number of benzene rings is 2. The van der Waals surface area contributed by atoms with E-state index >= 15 is 0 Å². The van der Waals surface area contributed by atoms with Crippen LogP contribution in [-0.2, 0) is 6.42 Å². The van der Waals surface area contributed by atoms with Crippen LogP contribution in [0.25, 0.3) is 0 Å². The molecule has 0 spiro atoms. The summed E-state index contributed by atoms with van der Waals surface area (Å²) in [5.41, 5.74) is 3.96. The number of allylic oxidation sites excluding steroid dienone is 2. The number of aromatic nitrogens is 2. The third kappa shape index (κ3) is 3.00. The smallest absolute Gasteiger partial charge is 0.245 e. The fourth-order valence-corrected chi connectivity index (χ4v) is 3.68. The highest BCUT2D eigenvalue weighted by molar-refractivity contribution is 6.07. The van der Waals surface area contributed by atoms with Crippen LogP contribution in [0.4, 0.5) is 10.5 Å². The van der Waals surface area contributed by atoms with Crippen molar-refractivity contribution in [3.8, 4) is 0 Å². The van der Waals surface area contributed by atoms with E-state index in [4.69, 9.17) is 4.99 Å². The molecule has 4 rings (SSSR count). The summed E-state index contributed by atoms with van der Waals surface area (Å²) in [7, 11) is 0. The average Bonchev–Trinajstić information content (AvgIpc) is 3.38. The first-order valence-electron chi connectivity index (χ1n) is 9.43. The van der Waals surface area contributed by atoms with Crippen LogP contribution in [0.15, 0.2) is 95.8 Å². The van der Waals surface area contributed by atoms with Gasteiger partial charge in [0.05, 0.1) is 6.42 Å². The van der Waals surface area contributed by atoms with Crippen molar-refractivity contribution in [2.75, 3.05) is 0 Å². The quantitative estimate of drug-likeness (QED) is 0.605. The molecule has 1 aliphatic heterocycles. The minimum atomic E-state index is -0.117. The van der Waals surface area contributed by atoms with E-state index in [2.05, 4.69) is 31.0 Å². The molecule has 2 aromatic carbocycles. The number of hydrogen-bond donors (Lipinski definition) is 0. The maximum Gasteiger partial charge on any atom is 0.444 e. The number of rotatable bonds is 4. The van der Waals surface area contributed by atoms with Crippen molar-refractivity contribution in [2.45, 2.75) is 20.3 Å². The fourth-order valence-electron chi connectivity index (χ4n) is 3.68. The molecule has 1 aromatic heterocycles. The minimum Gasteiger partial charge on any atom is -0.245 e. The third-order valence-corrected chi connectivity index (χ3v) is 5.04. The van der Waals surface area contributed by atoms with Crippen molar-refractivity contribution in [3.05, 3.63) is 96.3 Å². The Morgan fingerprint density at radius 2 is 1.71 bits per heavy atom. The highest BCUT2D eigenvalue weighted by atomic mass is 16.2. The normalized spacial score (nSPS) is 18.8. The average molecular weight is 371 g/mol. The molecule has 0 radical (unpaired) electrons. The lowest BCUT2D eigenvalue weighted by Gasteiger charge is -2.30. The van der Waals surface area contributed by atoms with E-state index in [1.165, 1.54) is 4.57 Å². The lowest BCUT2D eigenvalue weighted by molar-refractivity contribution is 0.230. The standard InChI is InChI=1S/C23H23N4O/c1-18(2)22-21(15-19-9-5-3-6-10-19)27(17-25-22,20-11-7-4-8-12-20)23(28)26-14-13-24-16-26/h3-14,16-18H,15H2,1-2H3/q+1. The molecular formula is C23H23N4O+. The largest absolute Gasteiger partial charge is 0.444 e. The Kier molecular flexibility index (Phi) is 4.75. The van der Waals surface area contributed by atoms with Gasteiger partial charge in [-0.25, -0.2) is 19.3 Å². The van der Waals surface area contributed by atoms with Crippen LogP contribution in [0.1, 0.15) is 19.4 Å². The molecule has 0 aliphatic carbocycles. The first-order chi connectivity index (χ1) is 13.6. The second-order valence-electron chi connectivity index (χ2n) is 7.20. The van der Waals surface area contributed by atoms with Gasteiger partial charge in [0.25, 0.3) is 0 Å². The van der Waals surface area contributed by atoms with Gasteiger partial charge in [0.2, 0.25) is 6.34 Å². The molecule has 1 aliphatic rings. The topological polar surface area (TPSA) is 47.2 Å². The lowest BCUT2D eigenvalue weighted by Crippen LogP contribution is -2.53. The first-order valence-corrected chi connectivity index (χ1v) is 9.43. The summed E-state index contributed by atoms with van der Waals surface area (Å²) in [5, 5.41) is 0. The number of aliphatic imine (C=N–C) groups is 1. The SMILES string of the molecule is CC(C)C1=C(Cc2ccccc2)[N+](C(=O)n2ccnc2)(c2ccccc2)C=N1. The number of carbonyl (C=O) groups excluding carboxylic acids is 1. The van der Waals surface area contributed by atoms with Crippen LogP contribution in [0.2, 0.25) is 0 Å². The number of quaternary nitrogens is 1. The fraction of sp³-hybridized carbons (Fsp3) is 0.174. The number of amides is 1. The van der Waals surface area contributed by atoms with Gasteiger partial charge in [-0.05, 0) is 5.56 Å². The summed E-state index contributed by atoms with van der Waals surface area (Å²) in [5.74, 6) is 0.203. The molecule has 5 nitrogen and oxygen atoms in total. The Bertz CT molecular complexity index is 1020. The number of carbonyl (C=O) groups is 1. The highest BCUT2D eigenvalue weighted by Crippen LogP contribution is 2.38. The van der Waals surface area contributed by atoms with Gasteiger partial charge < -0.3 is 0 Å². The molecule has 1 atom stereocenters. The zero-order valence-electron chi connectivity index (χ0n) is 16.1. The maximum absolute atomic E-state index is 13.8. The summed E-state index contributed by atoms with van der Waals surface area (Å²) in [6, 6.07) is 19.9. The third-order valence-electron chi connectivity index (χ3n) is 5.04. The van der Waals surface area contributed by atoms with Gasteiger partial charge in [0.1, 0.15) is 12.0 Å². The van der Waals surface area contributed by atoms with E-state index < -0.39 is 0 Å². The van der Waals surface area contributed by atoms with Gasteiger partial charge in [-0.1, -0.05) is 62.4 Å². The zero-order chi connectivity index (χ0) is 19.6. The van der Waals surface area contributed by atoms with E-state index in [0.717, 1.165) is 22.6 Å². The second-order valence-corrected chi connectivity index (χ2v) is 7.20. The predicted molar refractivity (Wildman–Crippen MR) is 112 cm³/mol. The van der Waals surface area contributed by atoms with E-state index in [1.54, 1.807) is 25.1 Å². The summed E-state index contributed by atoms with van der Waals surface area (Å²) in [4.78, 5) is 22.6. The van der Waals surface area contributed by atoms with Crippen LogP contribution in [0, 0.1) is 5.92 Å². The number of para-hydroxylation sites is 1. The molecule has 0 N–H and O–H groups in total. The number of hydrogen-bond acceptors (Lipinski definition) is 3. The molecule has 28 heavy (non-hydrogen) atoms. The molecular weight excluding hydrogens is 348 g/mol. The molecule has 1 unspecified atom stereocenters. The van der Waals surface area contributed by atoms with Crippen LogP contribution >= 0.6 is 0 Å². The van der Waals surface area contributed by atoms with Gasteiger partial charge in [-0.2, -0.15) is 0 Å². The van der Waals surface area contributed by atoms with Crippen LogP contribution < -0.4 is 4.48 Å². The Hall–Kier alpha value is -3.31. The Morgan fingerprint density at radius 1 is 1.04 bits per heavy atom. The van der Waals surface area contributed by atoms with Gasteiger partial charge in [-0.15, -0.1) is 4.48 Å². The summed E-state index contributed by atoms with van der Waals surface area (Å²) < 4.78 is 1.48. The molecule has 0 bridgehead atoms. The Morgan fingerprint density at radius 3 is 2.32 bits per heavy atom. The van der Waals surface area contributed by atoms with Crippen LogP contribution in [0.5, 0.6) is 0 Å². The van der Waals surface area contributed by atoms with E-state index in [1.807, 2.05) is 48.5 Å². The summed E-state index contributed by atoms with van der Waals surface area (Å²) in [6.07, 6.45) is 7.27. The molecule has 5 heteroatoms. The molecule has 0 saturated carbocycles. The highest BCUT2D eigenvalue weighted by Gasteiger charge is 2.49. The summed E-state index contributed by atoms with van der Waals surface area (Å²) >= 11 is 0. The van der Waals surface area contributed by atoms with Crippen molar-refractivity contribution >= 4 is 18.1 Å². The minimum absolute atomic E-state index is 0.0559. The van der Waals surface area contributed by atoms with Gasteiger partial charge in [0, 0.05) is 30.4 Å². The van der Waals surface area contributed by atoms with Crippen LogP contribution in [-0.4, -0.2) is 21.9 Å². The molecule has 0 fully saturated rings. The van der Waals surface area contributed by atoms with E-state index in [-0.39, 0.29) is 16.4 Å².